The van der Waals surface area contributed by atoms with Crippen LogP contribution in [0, 0.1) is 13.8 Å². The first kappa shape index (κ1) is 15.2. The zero-order chi connectivity index (χ0) is 15.9. The molecule has 1 heterocycles. The second kappa shape index (κ2) is 5.52. The van der Waals surface area contributed by atoms with Gasteiger partial charge in [-0.1, -0.05) is 11.2 Å². The van der Waals surface area contributed by atoms with Crippen LogP contribution in [0.15, 0.2) is 27.6 Å². The Morgan fingerprint density at radius 2 is 1.95 bits per heavy atom. The van der Waals surface area contributed by atoms with Crippen molar-refractivity contribution in [2.75, 3.05) is 7.05 Å². The summed E-state index contributed by atoms with van der Waals surface area (Å²) in [5, 5.41) is 3.87. The van der Waals surface area contributed by atoms with Crippen LogP contribution in [0.5, 0.6) is 0 Å². The van der Waals surface area contributed by atoms with Crippen molar-refractivity contribution in [3.8, 4) is 0 Å². The fraction of sp³-hybridized carbons (Fsp3) is 0.438. The van der Waals surface area contributed by atoms with E-state index in [1.54, 1.807) is 20.0 Å². The highest BCUT2D eigenvalue weighted by atomic mass is 32.2. The maximum Gasteiger partial charge on any atom is 0.243 e. The number of hydrogen-bond acceptors (Lipinski definition) is 4. The largest absolute Gasteiger partial charge is 0.361 e. The lowest BCUT2D eigenvalue weighted by Crippen LogP contribution is -2.27. The van der Waals surface area contributed by atoms with E-state index in [0.29, 0.717) is 10.7 Å². The number of aryl methyl sites for hydroxylation is 4. The predicted molar refractivity (Wildman–Crippen MR) is 83.1 cm³/mol. The van der Waals surface area contributed by atoms with E-state index in [2.05, 4.69) is 5.16 Å². The average molecular weight is 320 g/mol. The van der Waals surface area contributed by atoms with Crippen LogP contribution in [0.1, 0.15) is 34.6 Å². The summed E-state index contributed by atoms with van der Waals surface area (Å²) in [6.45, 7) is 3.88. The molecule has 2 aromatic rings. The van der Waals surface area contributed by atoms with Crippen molar-refractivity contribution in [1.82, 2.24) is 9.46 Å². The van der Waals surface area contributed by atoms with Crippen LogP contribution in [0.4, 0.5) is 0 Å². The Labute approximate surface area is 131 Å². The Morgan fingerprint density at radius 3 is 2.64 bits per heavy atom. The normalized spacial score (nSPS) is 14.5. The first-order valence-corrected chi connectivity index (χ1v) is 8.83. The number of benzene rings is 1. The lowest BCUT2D eigenvalue weighted by atomic mass is 10.1. The summed E-state index contributed by atoms with van der Waals surface area (Å²) in [5.74, 6) is 0.661. The van der Waals surface area contributed by atoms with Gasteiger partial charge in [0.25, 0.3) is 0 Å². The van der Waals surface area contributed by atoms with Crippen molar-refractivity contribution in [2.24, 2.45) is 0 Å². The van der Waals surface area contributed by atoms with Gasteiger partial charge >= 0.3 is 0 Å². The van der Waals surface area contributed by atoms with Crippen molar-refractivity contribution in [1.29, 1.82) is 0 Å². The maximum absolute atomic E-state index is 12.8. The highest BCUT2D eigenvalue weighted by molar-refractivity contribution is 7.89. The van der Waals surface area contributed by atoms with Gasteiger partial charge in [0.15, 0.2) is 0 Å². The van der Waals surface area contributed by atoms with Gasteiger partial charge in [0, 0.05) is 19.2 Å². The molecule has 1 aliphatic rings. The first-order valence-electron chi connectivity index (χ1n) is 7.39. The second-order valence-corrected chi connectivity index (χ2v) is 7.89. The van der Waals surface area contributed by atoms with Gasteiger partial charge in [0.2, 0.25) is 10.0 Å². The Balaban J connectivity index is 1.89. The summed E-state index contributed by atoms with van der Waals surface area (Å²) >= 11 is 0. The molecular formula is C16H20N2O3S. The molecule has 0 aliphatic heterocycles. The summed E-state index contributed by atoms with van der Waals surface area (Å²) in [7, 11) is -1.91. The molecule has 0 amide bonds. The van der Waals surface area contributed by atoms with Gasteiger partial charge < -0.3 is 4.52 Å². The molecule has 118 valence electrons. The van der Waals surface area contributed by atoms with Crippen molar-refractivity contribution >= 4 is 10.0 Å². The van der Waals surface area contributed by atoms with Crippen LogP contribution >= 0.6 is 0 Å². The molecule has 0 fully saturated rings. The second-order valence-electron chi connectivity index (χ2n) is 5.85. The Morgan fingerprint density at radius 1 is 1.23 bits per heavy atom. The molecule has 1 aromatic carbocycles. The van der Waals surface area contributed by atoms with E-state index < -0.39 is 10.0 Å². The minimum Gasteiger partial charge on any atom is -0.361 e. The molecule has 0 radical (unpaired) electrons. The number of rotatable bonds is 4. The van der Waals surface area contributed by atoms with Crippen molar-refractivity contribution in [3.05, 3.63) is 46.3 Å². The summed E-state index contributed by atoms with van der Waals surface area (Å²) in [5.41, 5.74) is 3.99. The zero-order valence-corrected chi connectivity index (χ0v) is 13.9. The minimum atomic E-state index is -3.51. The van der Waals surface area contributed by atoms with Gasteiger partial charge in [-0.15, -0.1) is 0 Å². The van der Waals surface area contributed by atoms with E-state index >= 15 is 0 Å². The molecule has 0 saturated heterocycles. The van der Waals surface area contributed by atoms with Gasteiger partial charge in [-0.2, -0.15) is 4.31 Å². The molecular weight excluding hydrogens is 300 g/mol. The molecule has 0 spiro atoms. The number of aromatic nitrogens is 1. The molecule has 3 rings (SSSR count). The van der Waals surface area contributed by atoms with Gasteiger partial charge in [0.05, 0.1) is 10.6 Å². The zero-order valence-electron chi connectivity index (χ0n) is 13.1. The third kappa shape index (κ3) is 2.57. The van der Waals surface area contributed by atoms with Gasteiger partial charge in [-0.05, 0) is 56.4 Å². The van der Waals surface area contributed by atoms with Crippen LogP contribution in [0.25, 0.3) is 0 Å². The lowest BCUT2D eigenvalue weighted by molar-refractivity contribution is 0.390. The fourth-order valence-electron chi connectivity index (χ4n) is 2.92. The quantitative estimate of drug-likeness (QED) is 0.868. The third-order valence-corrected chi connectivity index (χ3v) is 6.14. The Hall–Kier alpha value is -1.66. The van der Waals surface area contributed by atoms with Gasteiger partial charge in [-0.25, -0.2) is 8.42 Å². The van der Waals surface area contributed by atoms with E-state index in [-0.39, 0.29) is 6.54 Å². The predicted octanol–water partition coefficient (Wildman–Crippen LogP) is 2.60. The number of fused-ring (bicyclic) bond motifs is 1. The monoisotopic (exact) mass is 320 g/mol. The van der Waals surface area contributed by atoms with Crippen molar-refractivity contribution in [3.63, 3.8) is 0 Å². The molecule has 6 heteroatoms. The van der Waals surface area contributed by atoms with E-state index in [9.17, 15) is 8.42 Å². The lowest BCUT2D eigenvalue weighted by Gasteiger charge is -2.17. The maximum atomic E-state index is 12.8. The molecule has 22 heavy (non-hydrogen) atoms. The van der Waals surface area contributed by atoms with E-state index in [1.165, 1.54) is 9.87 Å². The van der Waals surface area contributed by atoms with Crippen LogP contribution < -0.4 is 0 Å². The first-order chi connectivity index (χ1) is 10.4. The number of nitrogens with zero attached hydrogens (tertiary/aromatic N) is 2. The fourth-order valence-corrected chi connectivity index (χ4v) is 4.11. The van der Waals surface area contributed by atoms with E-state index in [0.717, 1.165) is 36.1 Å². The Kier molecular flexibility index (Phi) is 3.82. The van der Waals surface area contributed by atoms with Crippen molar-refractivity contribution in [2.45, 2.75) is 44.6 Å². The van der Waals surface area contributed by atoms with E-state index in [4.69, 9.17) is 4.52 Å². The van der Waals surface area contributed by atoms with Crippen molar-refractivity contribution < 1.29 is 12.9 Å². The van der Waals surface area contributed by atoms with E-state index in [1.807, 2.05) is 19.1 Å². The molecule has 5 nitrogen and oxygen atoms in total. The number of sulfonamides is 1. The highest BCUT2D eigenvalue weighted by Gasteiger charge is 2.25. The number of hydrogen-bond donors (Lipinski definition) is 0. The topological polar surface area (TPSA) is 63.4 Å². The third-order valence-electron chi connectivity index (χ3n) is 4.34. The minimum absolute atomic E-state index is 0.264. The molecule has 0 unspecified atom stereocenters. The van der Waals surface area contributed by atoms with Crippen LogP contribution in [0.2, 0.25) is 0 Å². The van der Waals surface area contributed by atoms with Crippen LogP contribution in [0.3, 0.4) is 0 Å². The summed E-state index contributed by atoms with van der Waals surface area (Å²) in [6.07, 6.45) is 3.12. The van der Waals surface area contributed by atoms with Crippen LogP contribution in [-0.2, 0) is 29.4 Å². The summed E-state index contributed by atoms with van der Waals surface area (Å²) in [4.78, 5) is 0.363. The summed E-state index contributed by atoms with van der Waals surface area (Å²) < 4.78 is 32.0. The molecule has 0 N–H and O–H groups in total. The van der Waals surface area contributed by atoms with Gasteiger partial charge in [0.1, 0.15) is 5.76 Å². The standard InChI is InChI=1S/C16H20N2O3S/c1-11-16(12(2)21-17-11)10-18(3)22(19,20)15-8-7-13-5-4-6-14(13)9-15/h7-9H,4-6,10H2,1-3H3. The SMILES string of the molecule is Cc1noc(C)c1CN(C)S(=O)(=O)c1ccc2c(c1)CCC2. The smallest absolute Gasteiger partial charge is 0.243 e. The summed E-state index contributed by atoms with van der Waals surface area (Å²) in [6, 6.07) is 5.48. The van der Waals surface area contributed by atoms with Crippen LogP contribution in [-0.4, -0.2) is 24.9 Å². The molecule has 1 aromatic heterocycles. The molecule has 0 bridgehead atoms. The highest BCUT2D eigenvalue weighted by Crippen LogP contribution is 2.27. The average Bonchev–Trinajstić information content (AvgIpc) is 3.07. The Bertz CT molecular complexity index is 789. The molecule has 0 atom stereocenters. The molecule has 0 saturated carbocycles. The van der Waals surface area contributed by atoms with Gasteiger partial charge in [-0.3, -0.25) is 0 Å². The molecule has 1 aliphatic carbocycles.